The quantitative estimate of drug-likeness (QED) is 0.650. The van der Waals surface area contributed by atoms with Gasteiger partial charge in [0.05, 0.1) is 6.21 Å². The molecular weight excluding hydrogens is 253 g/mol. The van der Waals surface area contributed by atoms with Crippen molar-refractivity contribution < 1.29 is 4.39 Å². The van der Waals surface area contributed by atoms with E-state index in [1.54, 1.807) is 18.3 Å². The zero-order valence-electron chi connectivity index (χ0n) is 10.1. The lowest BCUT2D eigenvalue weighted by atomic mass is 10.2. The standard InChI is InChI=1S/C13H16FN3.ClH/c14-12-7-5-11(6-8-12)10-16-17-13-4-2-1-3-9-15-13;/h5-8,10H,1-4,9H2,(H,15,17);1H. The van der Waals surface area contributed by atoms with Crippen molar-refractivity contribution in [1.82, 2.24) is 5.43 Å². The normalized spacial score (nSPS) is 15.7. The van der Waals surface area contributed by atoms with Crippen LogP contribution in [0.3, 0.4) is 0 Å². The molecule has 1 aromatic rings. The highest BCUT2D eigenvalue weighted by Gasteiger charge is 2.01. The summed E-state index contributed by atoms with van der Waals surface area (Å²) in [6.45, 7) is 0.883. The largest absolute Gasteiger partial charge is 0.271 e. The Labute approximate surface area is 113 Å². The Morgan fingerprint density at radius 3 is 2.72 bits per heavy atom. The maximum absolute atomic E-state index is 12.7. The predicted octanol–water partition coefficient (Wildman–Crippen LogP) is 3.14. The fourth-order valence-electron chi connectivity index (χ4n) is 1.70. The molecule has 0 saturated carbocycles. The average Bonchev–Trinajstić information content (AvgIpc) is 2.60. The molecule has 0 radical (unpaired) electrons. The Morgan fingerprint density at radius 2 is 1.94 bits per heavy atom. The third-order valence-electron chi connectivity index (χ3n) is 2.65. The van der Waals surface area contributed by atoms with E-state index in [0.29, 0.717) is 0 Å². The first-order valence-electron chi connectivity index (χ1n) is 5.92. The number of rotatable bonds is 2. The van der Waals surface area contributed by atoms with Crippen molar-refractivity contribution in [2.45, 2.75) is 25.7 Å². The van der Waals surface area contributed by atoms with Crippen LogP contribution in [0.1, 0.15) is 31.2 Å². The van der Waals surface area contributed by atoms with Crippen molar-refractivity contribution in [3.05, 3.63) is 35.6 Å². The molecule has 18 heavy (non-hydrogen) atoms. The van der Waals surface area contributed by atoms with Crippen LogP contribution in [0, 0.1) is 5.82 Å². The Kier molecular flexibility index (Phi) is 6.36. The van der Waals surface area contributed by atoms with Crippen molar-refractivity contribution in [3.8, 4) is 0 Å². The van der Waals surface area contributed by atoms with Gasteiger partial charge < -0.3 is 0 Å². The van der Waals surface area contributed by atoms with Crippen LogP contribution in [-0.2, 0) is 0 Å². The minimum atomic E-state index is -0.233. The molecule has 98 valence electrons. The SMILES string of the molecule is Cl.Fc1ccc(C=NNC2=NCCCCC2)cc1. The van der Waals surface area contributed by atoms with Crippen molar-refractivity contribution in [2.75, 3.05) is 6.54 Å². The van der Waals surface area contributed by atoms with Crippen LogP contribution < -0.4 is 5.43 Å². The van der Waals surface area contributed by atoms with Gasteiger partial charge >= 0.3 is 0 Å². The molecule has 1 aliphatic rings. The molecule has 1 N–H and O–H groups in total. The molecule has 0 atom stereocenters. The predicted molar refractivity (Wildman–Crippen MR) is 75.1 cm³/mol. The lowest BCUT2D eigenvalue weighted by Crippen LogP contribution is -2.17. The minimum Gasteiger partial charge on any atom is -0.271 e. The first-order valence-corrected chi connectivity index (χ1v) is 5.92. The summed E-state index contributed by atoms with van der Waals surface area (Å²) in [5, 5.41) is 4.11. The zero-order valence-corrected chi connectivity index (χ0v) is 10.9. The van der Waals surface area contributed by atoms with Gasteiger partial charge in [-0.3, -0.25) is 10.4 Å². The molecule has 2 rings (SSSR count). The summed E-state index contributed by atoms with van der Waals surface area (Å²) >= 11 is 0. The van der Waals surface area contributed by atoms with Crippen molar-refractivity contribution >= 4 is 24.5 Å². The van der Waals surface area contributed by atoms with Gasteiger partial charge in [-0.25, -0.2) is 4.39 Å². The zero-order chi connectivity index (χ0) is 11.9. The van der Waals surface area contributed by atoms with E-state index < -0.39 is 0 Å². The van der Waals surface area contributed by atoms with Gasteiger partial charge in [-0.2, -0.15) is 5.10 Å². The summed E-state index contributed by atoms with van der Waals surface area (Å²) in [6.07, 6.45) is 6.19. The van der Waals surface area contributed by atoms with E-state index in [2.05, 4.69) is 15.5 Å². The number of amidine groups is 1. The fourth-order valence-corrected chi connectivity index (χ4v) is 1.70. The van der Waals surface area contributed by atoms with Gasteiger partial charge in [0, 0.05) is 13.0 Å². The van der Waals surface area contributed by atoms with Crippen LogP contribution >= 0.6 is 12.4 Å². The second kappa shape index (κ2) is 7.82. The monoisotopic (exact) mass is 269 g/mol. The molecule has 0 amide bonds. The third kappa shape index (κ3) is 4.84. The summed E-state index contributed by atoms with van der Waals surface area (Å²) < 4.78 is 12.7. The van der Waals surface area contributed by atoms with Gasteiger partial charge in [0.2, 0.25) is 0 Å². The van der Waals surface area contributed by atoms with Gasteiger partial charge in [-0.05, 0) is 30.5 Å². The first-order chi connectivity index (χ1) is 8.34. The average molecular weight is 270 g/mol. The van der Waals surface area contributed by atoms with Gasteiger partial charge in [-0.1, -0.05) is 18.6 Å². The molecule has 0 saturated heterocycles. The fraction of sp³-hybridized carbons (Fsp3) is 0.385. The molecule has 1 aromatic carbocycles. The van der Waals surface area contributed by atoms with Gasteiger partial charge in [0.1, 0.15) is 11.7 Å². The lowest BCUT2D eigenvalue weighted by Gasteiger charge is -2.01. The minimum absolute atomic E-state index is 0. The Balaban J connectivity index is 0.00000162. The third-order valence-corrected chi connectivity index (χ3v) is 2.65. The maximum Gasteiger partial charge on any atom is 0.123 e. The number of hydrazone groups is 1. The van der Waals surface area contributed by atoms with Crippen molar-refractivity contribution in [2.24, 2.45) is 10.1 Å². The topological polar surface area (TPSA) is 36.8 Å². The molecule has 1 heterocycles. The van der Waals surface area contributed by atoms with E-state index in [4.69, 9.17) is 0 Å². The van der Waals surface area contributed by atoms with E-state index in [-0.39, 0.29) is 18.2 Å². The number of nitrogens with one attached hydrogen (secondary N) is 1. The molecule has 0 bridgehead atoms. The Bertz CT molecular complexity index is 415. The molecule has 0 spiro atoms. The summed E-state index contributed by atoms with van der Waals surface area (Å²) in [5.41, 5.74) is 3.82. The van der Waals surface area contributed by atoms with E-state index in [1.807, 2.05) is 0 Å². The molecule has 5 heteroatoms. The molecule has 0 aromatic heterocycles. The number of hydrogen-bond acceptors (Lipinski definition) is 3. The first kappa shape index (κ1) is 14.6. The summed E-state index contributed by atoms with van der Waals surface area (Å²) in [6, 6.07) is 6.22. The van der Waals surface area contributed by atoms with Gasteiger partial charge in [0.25, 0.3) is 0 Å². The lowest BCUT2D eigenvalue weighted by molar-refractivity contribution is 0.628. The number of nitrogens with zero attached hydrogens (tertiary/aromatic N) is 2. The Hall–Kier alpha value is -1.42. The van der Waals surface area contributed by atoms with E-state index in [1.165, 1.54) is 18.6 Å². The highest BCUT2D eigenvalue weighted by Crippen LogP contribution is 2.06. The number of halogens is 2. The number of benzene rings is 1. The summed E-state index contributed by atoms with van der Waals surface area (Å²) in [4.78, 5) is 4.40. The van der Waals surface area contributed by atoms with E-state index in [0.717, 1.165) is 37.2 Å². The molecule has 0 fully saturated rings. The maximum atomic E-state index is 12.7. The van der Waals surface area contributed by atoms with Crippen LogP contribution in [0.4, 0.5) is 4.39 Å². The highest BCUT2D eigenvalue weighted by molar-refractivity contribution is 5.85. The van der Waals surface area contributed by atoms with Gasteiger partial charge in [0.15, 0.2) is 0 Å². The van der Waals surface area contributed by atoms with Gasteiger partial charge in [-0.15, -0.1) is 12.4 Å². The second-order valence-corrected chi connectivity index (χ2v) is 4.06. The van der Waals surface area contributed by atoms with Crippen LogP contribution in [0.15, 0.2) is 34.4 Å². The second-order valence-electron chi connectivity index (χ2n) is 4.06. The van der Waals surface area contributed by atoms with Crippen LogP contribution in [0.5, 0.6) is 0 Å². The van der Waals surface area contributed by atoms with E-state index >= 15 is 0 Å². The van der Waals surface area contributed by atoms with Crippen molar-refractivity contribution in [3.63, 3.8) is 0 Å². The smallest absolute Gasteiger partial charge is 0.123 e. The number of hydrogen-bond donors (Lipinski definition) is 1. The molecule has 0 aliphatic carbocycles. The van der Waals surface area contributed by atoms with E-state index in [9.17, 15) is 4.39 Å². The Morgan fingerprint density at radius 1 is 1.17 bits per heavy atom. The van der Waals surface area contributed by atoms with Crippen LogP contribution in [-0.4, -0.2) is 18.6 Å². The molecule has 1 aliphatic heterocycles. The van der Waals surface area contributed by atoms with Crippen LogP contribution in [0.25, 0.3) is 0 Å². The molecular formula is C13H17ClFN3. The van der Waals surface area contributed by atoms with Crippen LogP contribution in [0.2, 0.25) is 0 Å². The number of aliphatic imine (C=N–C) groups is 1. The summed E-state index contributed by atoms with van der Waals surface area (Å²) in [7, 11) is 0. The van der Waals surface area contributed by atoms with Crippen molar-refractivity contribution in [1.29, 1.82) is 0 Å². The highest BCUT2D eigenvalue weighted by atomic mass is 35.5. The summed E-state index contributed by atoms with van der Waals surface area (Å²) in [5.74, 6) is 0.712. The molecule has 0 unspecified atom stereocenters. The molecule has 3 nitrogen and oxygen atoms in total.